The van der Waals surface area contributed by atoms with Crippen LogP contribution in [0.1, 0.15) is 11.3 Å². The molecule has 0 atom stereocenters. The third-order valence-electron chi connectivity index (χ3n) is 8.15. The number of aromatic nitrogens is 5. The normalized spacial score (nSPS) is 13.0. The summed E-state index contributed by atoms with van der Waals surface area (Å²) in [6.07, 6.45) is 15.4. The van der Waals surface area contributed by atoms with E-state index in [4.69, 9.17) is 0 Å². The van der Waals surface area contributed by atoms with Crippen molar-refractivity contribution in [1.29, 1.82) is 0 Å². The minimum absolute atomic E-state index is 1.10. The maximum Gasteiger partial charge on any atom is 0.0725 e. The summed E-state index contributed by atoms with van der Waals surface area (Å²) in [5, 5.41) is 11.1. The Bertz CT molecular complexity index is 2440. The maximum absolute atomic E-state index is 4.49. The fraction of sp³-hybridized carbons (Fsp3) is 0.0323. The minimum Gasteiger partial charge on any atom is -0.310 e. The number of rotatable bonds is 2. The van der Waals surface area contributed by atoms with Gasteiger partial charge in [-0.05, 0) is 60.8 Å². The Labute approximate surface area is 209 Å². The highest BCUT2D eigenvalue weighted by Gasteiger charge is 2.25. The molecule has 6 nitrogen and oxygen atoms in total. The van der Waals surface area contributed by atoms with Crippen molar-refractivity contribution in [3.63, 3.8) is 0 Å². The van der Waals surface area contributed by atoms with Crippen LogP contribution < -0.4 is 0 Å². The van der Waals surface area contributed by atoms with Gasteiger partial charge in [0.25, 0.3) is 0 Å². The zero-order chi connectivity index (χ0) is 24.4. The summed E-state index contributed by atoms with van der Waals surface area (Å²) >= 11 is 0. The van der Waals surface area contributed by atoms with Crippen LogP contribution in [0.3, 0.4) is 0 Å². The third-order valence-corrected chi connectivity index (χ3v) is 8.15. The molecule has 0 aliphatic rings. The van der Waals surface area contributed by atoms with E-state index in [0.717, 1.165) is 22.1 Å². The summed E-state index contributed by atoms with van der Waals surface area (Å²) in [6.45, 7) is 5.83. The number of benzene rings is 2. The van der Waals surface area contributed by atoms with Gasteiger partial charge in [0.15, 0.2) is 0 Å². The fourth-order valence-corrected chi connectivity index (χ4v) is 6.78. The lowest BCUT2D eigenvalue weighted by Crippen LogP contribution is -1.85. The molecule has 0 N–H and O–H groups in total. The van der Waals surface area contributed by atoms with Crippen molar-refractivity contribution < 1.29 is 0 Å². The molecule has 0 fully saturated rings. The Morgan fingerprint density at radius 3 is 1.86 bits per heavy atom. The van der Waals surface area contributed by atoms with Crippen molar-refractivity contribution in [2.75, 3.05) is 0 Å². The Balaban J connectivity index is 1.68. The topological polar surface area (TPSA) is 59.8 Å². The average Bonchev–Trinajstić information content (AvgIpc) is 3.64. The number of hydrogen-bond donors (Lipinski definition) is 0. The summed E-state index contributed by atoms with van der Waals surface area (Å²) in [4.78, 5) is 17.4. The summed E-state index contributed by atoms with van der Waals surface area (Å²) < 4.78 is 4.68. The van der Waals surface area contributed by atoms with Gasteiger partial charge in [0, 0.05) is 73.8 Å². The molecule has 6 heteroatoms. The van der Waals surface area contributed by atoms with Crippen LogP contribution in [0.15, 0.2) is 78.7 Å². The zero-order valence-corrected chi connectivity index (χ0v) is 19.9. The molecule has 0 saturated carbocycles. The number of aryl methyl sites for hydroxylation is 1. The molecule has 7 heterocycles. The summed E-state index contributed by atoms with van der Waals surface area (Å²) in [7, 11) is 0. The molecule has 7 aromatic heterocycles. The number of nitrogens with zero attached hydrogens (tertiary/aromatic N) is 6. The van der Waals surface area contributed by atoms with E-state index in [1.165, 1.54) is 65.2 Å². The van der Waals surface area contributed by atoms with Crippen LogP contribution in [0.5, 0.6) is 0 Å². The monoisotopic (exact) mass is 474 g/mol. The van der Waals surface area contributed by atoms with Crippen molar-refractivity contribution in [3.8, 4) is 0 Å². The van der Waals surface area contributed by atoms with Crippen LogP contribution in [0, 0.1) is 6.92 Å². The second-order valence-corrected chi connectivity index (χ2v) is 9.74. The summed E-state index contributed by atoms with van der Waals surface area (Å²) in [6, 6.07) is 11.2. The van der Waals surface area contributed by atoms with E-state index in [9.17, 15) is 0 Å². The smallest absolute Gasteiger partial charge is 0.0725 e. The Morgan fingerprint density at radius 2 is 1.22 bits per heavy atom. The van der Waals surface area contributed by atoms with E-state index in [0.29, 0.717) is 0 Å². The molecule has 37 heavy (non-hydrogen) atoms. The molecule has 0 aliphatic heterocycles. The zero-order valence-electron chi connectivity index (χ0n) is 19.9. The van der Waals surface area contributed by atoms with Crippen LogP contribution in [-0.4, -0.2) is 30.5 Å². The molecule has 172 valence electrons. The van der Waals surface area contributed by atoms with Crippen molar-refractivity contribution in [2.45, 2.75) is 6.92 Å². The highest BCUT2D eigenvalue weighted by molar-refractivity contribution is 6.37. The van der Waals surface area contributed by atoms with E-state index in [1.807, 2.05) is 37.2 Å². The van der Waals surface area contributed by atoms with Gasteiger partial charge in [0.2, 0.25) is 0 Å². The first-order chi connectivity index (χ1) is 18.3. The molecule has 0 bridgehead atoms. The van der Waals surface area contributed by atoms with Gasteiger partial charge in [-0.15, -0.1) is 0 Å². The largest absolute Gasteiger partial charge is 0.310 e. The van der Waals surface area contributed by atoms with E-state index in [1.54, 1.807) is 6.20 Å². The van der Waals surface area contributed by atoms with Crippen molar-refractivity contribution in [2.24, 2.45) is 4.99 Å². The van der Waals surface area contributed by atoms with Gasteiger partial charge in [-0.1, -0.05) is 0 Å². The van der Waals surface area contributed by atoms with Gasteiger partial charge in [-0.25, -0.2) is 0 Å². The molecule has 9 aromatic rings. The van der Waals surface area contributed by atoms with Gasteiger partial charge in [0.05, 0.1) is 46.2 Å². The average molecular weight is 475 g/mol. The first kappa shape index (κ1) is 19.1. The second kappa shape index (κ2) is 6.36. The molecular formula is C31H18N6. The predicted molar refractivity (Wildman–Crippen MR) is 152 cm³/mol. The summed E-state index contributed by atoms with van der Waals surface area (Å²) in [5.74, 6) is 0. The first-order valence-corrected chi connectivity index (χ1v) is 12.2. The lowest BCUT2D eigenvalue weighted by Gasteiger charge is -2.07. The fourth-order valence-electron chi connectivity index (χ4n) is 6.78. The molecule has 0 radical (unpaired) electrons. The molecule has 0 amide bonds. The highest BCUT2D eigenvalue weighted by atomic mass is 14.9. The van der Waals surface area contributed by atoms with Crippen LogP contribution in [0.2, 0.25) is 0 Å². The highest BCUT2D eigenvalue weighted by Crippen LogP contribution is 2.48. The van der Waals surface area contributed by atoms with Gasteiger partial charge in [-0.3, -0.25) is 19.9 Å². The van der Waals surface area contributed by atoms with Crippen LogP contribution in [0.25, 0.3) is 82.1 Å². The molecule has 0 aliphatic carbocycles. The maximum atomic E-state index is 4.49. The number of fused-ring (bicyclic) bond motifs is 12. The van der Waals surface area contributed by atoms with Crippen LogP contribution in [-0.2, 0) is 0 Å². The predicted octanol–water partition coefficient (Wildman–Crippen LogP) is 7.15. The number of hydrogen-bond acceptors (Lipinski definition) is 4. The SMILES string of the molecule is C=N/C=C\c1c(C)n2c3cnccc3c3c4cc5c6ccncc6n6c7cnccc7c(c4cc1c32)c56. The third kappa shape index (κ3) is 2.06. The molecule has 0 saturated heterocycles. The van der Waals surface area contributed by atoms with Crippen LogP contribution in [0.4, 0.5) is 0 Å². The molecular weight excluding hydrogens is 456 g/mol. The minimum atomic E-state index is 1.10. The summed E-state index contributed by atoms with van der Waals surface area (Å²) in [5.41, 5.74) is 8.10. The van der Waals surface area contributed by atoms with Crippen molar-refractivity contribution in [3.05, 3.63) is 85.0 Å². The van der Waals surface area contributed by atoms with E-state index < -0.39 is 0 Å². The molecule has 0 unspecified atom stereocenters. The van der Waals surface area contributed by atoms with Gasteiger partial charge < -0.3 is 8.80 Å². The Morgan fingerprint density at radius 1 is 0.676 bits per heavy atom. The van der Waals surface area contributed by atoms with E-state index >= 15 is 0 Å². The molecule has 0 spiro atoms. The molecule has 9 rings (SSSR count). The quantitative estimate of drug-likeness (QED) is 0.250. The number of aliphatic imine (C=N–C) groups is 1. The van der Waals surface area contributed by atoms with Gasteiger partial charge in [0.1, 0.15) is 0 Å². The standard InChI is InChI=1S/C31H18N6/c1-16-17(3-7-32-2)23-11-21-22(28-19-5-9-34-14-26(19)36(16)30(23)28)12-24-18-4-8-33-13-25(18)37-27-15-35-10-6-20(27)29(21)31(24)37/h3-15H,2H2,1H3/b7-3-. The second-order valence-electron chi connectivity index (χ2n) is 9.74. The van der Waals surface area contributed by atoms with Crippen molar-refractivity contribution >= 4 is 88.9 Å². The Kier molecular flexibility index (Phi) is 3.29. The molecule has 2 aromatic carbocycles. The van der Waals surface area contributed by atoms with E-state index in [-0.39, 0.29) is 0 Å². The van der Waals surface area contributed by atoms with Crippen LogP contribution >= 0.6 is 0 Å². The number of pyridine rings is 3. The van der Waals surface area contributed by atoms with Crippen molar-refractivity contribution in [1.82, 2.24) is 23.8 Å². The van der Waals surface area contributed by atoms with Gasteiger partial charge >= 0.3 is 0 Å². The Hall–Kier alpha value is -5.10. The lowest BCUT2D eigenvalue weighted by molar-refractivity contribution is 1.16. The first-order valence-electron chi connectivity index (χ1n) is 12.2. The van der Waals surface area contributed by atoms with E-state index in [2.05, 4.69) is 78.8 Å². The lowest BCUT2D eigenvalue weighted by atomic mass is 9.95. The van der Waals surface area contributed by atoms with Gasteiger partial charge in [-0.2, -0.15) is 0 Å².